The van der Waals surface area contributed by atoms with Gasteiger partial charge < -0.3 is 25.0 Å². The predicted molar refractivity (Wildman–Crippen MR) is 180 cm³/mol. The molecule has 2 rings (SSSR count). The van der Waals surface area contributed by atoms with Crippen LogP contribution in [0.3, 0.4) is 0 Å². The molecule has 2 aromatic carbocycles. The van der Waals surface area contributed by atoms with Gasteiger partial charge in [-0.1, -0.05) is 57.1 Å². The van der Waals surface area contributed by atoms with Gasteiger partial charge in [-0.15, -0.1) is 6.42 Å². The number of benzene rings is 2. The average Bonchev–Trinajstić information content (AvgIpc) is 2.99. The van der Waals surface area contributed by atoms with Crippen molar-refractivity contribution in [1.82, 2.24) is 10.2 Å². The van der Waals surface area contributed by atoms with Gasteiger partial charge in [-0.25, -0.2) is 4.79 Å². The van der Waals surface area contributed by atoms with Crippen LogP contribution in [0.4, 0.5) is 10.5 Å². The van der Waals surface area contributed by atoms with E-state index in [9.17, 15) is 14.4 Å². The summed E-state index contributed by atoms with van der Waals surface area (Å²) >= 11 is 1.58. The number of rotatable bonds is 17. The average molecular weight is 624 g/mol. The van der Waals surface area contributed by atoms with Gasteiger partial charge in [0.25, 0.3) is 5.91 Å². The Morgan fingerprint density at radius 2 is 1.61 bits per heavy atom. The smallest absolute Gasteiger partial charge is 0.408 e. The fraction of sp³-hybridized carbons (Fsp3) is 0.514. The maximum Gasteiger partial charge on any atom is 0.408 e. The molecule has 3 amide bonds. The minimum atomic E-state index is -0.968. The Kier molecular flexibility index (Phi) is 15.7. The van der Waals surface area contributed by atoms with Crippen molar-refractivity contribution >= 4 is 35.4 Å². The summed E-state index contributed by atoms with van der Waals surface area (Å²) in [5.74, 6) is 3.20. The van der Waals surface area contributed by atoms with E-state index in [1.54, 1.807) is 93.1 Å². The van der Waals surface area contributed by atoms with Crippen molar-refractivity contribution in [2.75, 3.05) is 31.0 Å². The summed E-state index contributed by atoms with van der Waals surface area (Å²) in [4.78, 5) is 42.9. The number of nitrogens with zero attached hydrogens (tertiary/aromatic N) is 1. The molecule has 2 aromatic rings. The first-order chi connectivity index (χ1) is 21.0. The van der Waals surface area contributed by atoms with E-state index in [4.69, 9.17) is 15.9 Å². The number of alkyl carbamates (subject to hydrolysis) is 1. The first-order valence-electron chi connectivity index (χ1n) is 15.3. The Morgan fingerprint density at radius 3 is 2.18 bits per heavy atom. The number of thioether (sulfide) groups is 1. The number of hydrogen-bond donors (Lipinski definition) is 2. The summed E-state index contributed by atoms with van der Waals surface area (Å²) in [5.41, 5.74) is 1.13. The molecule has 0 fully saturated rings. The summed E-state index contributed by atoms with van der Waals surface area (Å²) < 4.78 is 10.7. The third kappa shape index (κ3) is 12.5. The Bertz CT molecular complexity index is 1220. The van der Waals surface area contributed by atoms with E-state index in [1.807, 2.05) is 6.26 Å². The topological polar surface area (TPSA) is 97.0 Å². The standard InChI is InChI=1S/C35H49N3O5S/c1-8-10-11-12-13-14-24-38(33(40)30(23-25-44-7)37-34(41)43-35(3,4)5)31(27-17-15-26(9-2)16-18-27)32(39)36-28-19-21-29(42-6)22-20-28/h2,15-22,30-31H,8,10-14,23-25H2,1,3-7H3,(H,36,39)(H,37,41). The van der Waals surface area contributed by atoms with Crippen molar-refractivity contribution in [2.45, 2.75) is 90.3 Å². The molecule has 0 radical (unpaired) electrons. The molecule has 9 heteroatoms. The van der Waals surface area contributed by atoms with E-state index < -0.39 is 23.8 Å². The van der Waals surface area contributed by atoms with Gasteiger partial charge in [0.2, 0.25) is 5.91 Å². The molecule has 0 spiro atoms. The van der Waals surface area contributed by atoms with Crippen molar-refractivity contribution in [3.63, 3.8) is 0 Å². The van der Waals surface area contributed by atoms with E-state index in [0.717, 1.165) is 32.1 Å². The highest BCUT2D eigenvalue weighted by atomic mass is 32.2. The first kappa shape index (κ1) is 36.6. The van der Waals surface area contributed by atoms with Gasteiger partial charge in [-0.3, -0.25) is 9.59 Å². The number of unbranched alkanes of at least 4 members (excludes halogenated alkanes) is 5. The third-order valence-corrected chi connectivity index (χ3v) is 7.59. The lowest BCUT2D eigenvalue weighted by atomic mass is 10.00. The molecule has 240 valence electrons. The first-order valence-corrected chi connectivity index (χ1v) is 16.7. The molecule has 2 atom stereocenters. The number of amides is 3. The van der Waals surface area contributed by atoms with Crippen LogP contribution in [0.2, 0.25) is 0 Å². The highest BCUT2D eigenvalue weighted by molar-refractivity contribution is 7.98. The molecule has 2 unspecified atom stereocenters. The Balaban J connectivity index is 2.51. The van der Waals surface area contributed by atoms with Crippen LogP contribution in [0.15, 0.2) is 48.5 Å². The van der Waals surface area contributed by atoms with Crippen LogP contribution >= 0.6 is 11.8 Å². The van der Waals surface area contributed by atoms with Crippen LogP contribution in [-0.2, 0) is 14.3 Å². The fourth-order valence-corrected chi connectivity index (χ4v) is 5.16. The lowest BCUT2D eigenvalue weighted by Crippen LogP contribution is -2.52. The molecule has 0 aliphatic heterocycles. The van der Waals surface area contributed by atoms with Gasteiger partial charge in [-0.05, 0) is 87.6 Å². The summed E-state index contributed by atoms with van der Waals surface area (Å²) in [6.45, 7) is 7.83. The Morgan fingerprint density at radius 1 is 0.977 bits per heavy atom. The second-order valence-electron chi connectivity index (χ2n) is 11.7. The van der Waals surface area contributed by atoms with Crippen LogP contribution < -0.4 is 15.4 Å². The van der Waals surface area contributed by atoms with Crippen LogP contribution in [0.1, 0.15) is 89.8 Å². The van der Waals surface area contributed by atoms with Gasteiger partial charge in [0.1, 0.15) is 23.4 Å². The SMILES string of the molecule is C#Cc1ccc(C(C(=O)Nc2ccc(OC)cc2)N(CCCCCCCC)C(=O)C(CCSC)NC(=O)OC(C)(C)C)cc1. The molecule has 0 bridgehead atoms. The van der Waals surface area contributed by atoms with Gasteiger partial charge in [0.15, 0.2) is 0 Å². The molecule has 0 aromatic heterocycles. The fourth-order valence-electron chi connectivity index (χ4n) is 4.69. The zero-order valence-electron chi connectivity index (χ0n) is 27.1. The Labute approximate surface area is 268 Å². The normalized spacial score (nSPS) is 12.4. The number of anilines is 1. The second kappa shape index (κ2) is 18.9. The highest BCUT2D eigenvalue weighted by Crippen LogP contribution is 2.27. The largest absolute Gasteiger partial charge is 0.497 e. The number of carbonyl (C=O) groups is 3. The zero-order valence-corrected chi connectivity index (χ0v) is 27.9. The van der Waals surface area contributed by atoms with E-state index in [2.05, 4.69) is 23.5 Å². The molecule has 0 saturated carbocycles. The maximum absolute atomic E-state index is 14.4. The summed E-state index contributed by atoms with van der Waals surface area (Å²) in [7, 11) is 1.58. The van der Waals surface area contributed by atoms with Crippen LogP contribution in [0, 0.1) is 12.3 Å². The zero-order chi connectivity index (χ0) is 32.5. The molecular weight excluding hydrogens is 574 g/mol. The van der Waals surface area contributed by atoms with Crippen molar-refractivity contribution in [3.05, 3.63) is 59.7 Å². The molecule has 8 nitrogen and oxygen atoms in total. The number of ether oxygens (including phenoxy) is 2. The van der Waals surface area contributed by atoms with Gasteiger partial charge in [-0.2, -0.15) is 11.8 Å². The summed E-state index contributed by atoms with van der Waals surface area (Å²) in [6.07, 6.45) is 13.4. The molecule has 44 heavy (non-hydrogen) atoms. The van der Waals surface area contributed by atoms with Gasteiger partial charge >= 0.3 is 6.09 Å². The number of methoxy groups -OCH3 is 1. The lowest BCUT2D eigenvalue weighted by Gasteiger charge is -2.34. The van der Waals surface area contributed by atoms with Crippen molar-refractivity contribution < 1.29 is 23.9 Å². The minimum Gasteiger partial charge on any atom is -0.497 e. The van der Waals surface area contributed by atoms with Gasteiger partial charge in [0.05, 0.1) is 7.11 Å². The van der Waals surface area contributed by atoms with E-state index in [-0.39, 0.29) is 11.8 Å². The second-order valence-corrected chi connectivity index (χ2v) is 12.7. The minimum absolute atomic E-state index is 0.339. The van der Waals surface area contributed by atoms with Crippen molar-refractivity contribution in [1.29, 1.82) is 0 Å². The van der Waals surface area contributed by atoms with Crippen LogP contribution in [0.25, 0.3) is 0 Å². The number of terminal acetylenes is 1. The molecule has 0 aliphatic rings. The molecular formula is C35H49N3O5S. The summed E-state index contributed by atoms with van der Waals surface area (Å²) in [6, 6.07) is 12.3. The monoisotopic (exact) mass is 623 g/mol. The highest BCUT2D eigenvalue weighted by Gasteiger charge is 2.36. The van der Waals surface area contributed by atoms with E-state index in [1.165, 1.54) is 0 Å². The Hall–Kier alpha value is -3.64. The van der Waals surface area contributed by atoms with Crippen molar-refractivity contribution in [2.24, 2.45) is 0 Å². The number of hydrogen-bond acceptors (Lipinski definition) is 6. The van der Waals surface area contributed by atoms with Crippen LogP contribution in [-0.4, -0.2) is 60.1 Å². The molecule has 0 saturated heterocycles. The third-order valence-electron chi connectivity index (χ3n) is 6.95. The maximum atomic E-state index is 14.4. The van der Waals surface area contributed by atoms with Gasteiger partial charge in [0, 0.05) is 17.8 Å². The molecule has 0 heterocycles. The lowest BCUT2D eigenvalue weighted by molar-refractivity contribution is -0.141. The molecule has 2 N–H and O–H groups in total. The predicted octanol–water partition coefficient (Wildman–Crippen LogP) is 7.19. The van der Waals surface area contributed by atoms with E-state index >= 15 is 0 Å². The quantitative estimate of drug-likeness (QED) is 0.143. The number of nitrogens with one attached hydrogen (secondary N) is 2. The van der Waals surface area contributed by atoms with E-state index in [0.29, 0.717) is 47.7 Å². The number of carbonyl (C=O) groups excluding carboxylic acids is 3. The van der Waals surface area contributed by atoms with Crippen molar-refractivity contribution in [3.8, 4) is 18.1 Å². The summed E-state index contributed by atoms with van der Waals surface area (Å²) in [5, 5.41) is 5.78. The molecule has 0 aliphatic carbocycles. The van der Waals surface area contributed by atoms with Crippen LogP contribution in [0.5, 0.6) is 5.75 Å².